The van der Waals surface area contributed by atoms with Gasteiger partial charge in [0.05, 0.1) is 19.2 Å². The smallest absolute Gasteiger partial charge is 0.320 e. The molecule has 0 saturated heterocycles. The Labute approximate surface area is 117 Å². The second kappa shape index (κ2) is 4.83. The zero-order valence-electron chi connectivity index (χ0n) is 11.8. The highest BCUT2D eigenvalue weighted by Crippen LogP contribution is 2.30. The minimum atomic E-state index is -0.156. The van der Waals surface area contributed by atoms with Crippen LogP contribution in [-0.2, 0) is 13.0 Å². The molecule has 0 radical (unpaired) electrons. The average Bonchev–Trinajstić information content (AvgIpc) is 2.82. The van der Waals surface area contributed by atoms with Gasteiger partial charge >= 0.3 is 6.03 Å². The van der Waals surface area contributed by atoms with Crippen molar-refractivity contribution in [2.75, 3.05) is 20.7 Å². The fraction of sp³-hybridized carbons (Fsp3) is 0.400. The molecular formula is C15H19N3O2. The largest absolute Gasteiger partial charge is 0.394 e. The van der Waals surface area contributed by atoms with E-state index >= 15 is 0 Å². The molecule has 0 bridgehead atoms. The van der Waals surface area contributed by atoms with Gasteiger partial charge in [0.25, 0.3) is 0 Å². The molecule has 5 heteroatoms. The molecule has 1 aromatic heterocycles. The van der Waals surface area contributed by atoms with E-state index in [2.05, 4.69) is 11.1 Å². The zero-order chi connectivity index (χ0) is 14.3. The first-order valence-corrected chi connectivity index (χ1v) is 6.79. The number of aromatic nitrogens is 1. The van der Waals surface area contributed by atoms with Crippen molar-refractivity contribution in [2.45, 2.75) is 19.0 Å². The van der Waals surface area contributed by atoms with E-state index in [9.17, 15) is 9.90 Å². The Hall–Kier alpha value is -2.01. The molecule has 1 aliphatic heterocycles. The molecular weight excluding hydrogens is 254 g/mol. The number of carbonyl (C=O) groups is 1. The summed E-state index contributed by atoms with van der Waals surface area (Å²) in [5.74, 6) is 0. The molecule has 5 nitrogen and oxygen atoms in total. The molecule has 1 atom stereocenters. The predicted molar refractivity (Wildman–Crippen MR) is 77.5 cm³/mol. The summed E-state index contributed by atoms with van der Waals surface area (Å²) < 4.78 is 0. The summed E-state index contributed by atoms with van der Waals surface area (Å²) in [7, 11) is 3.47. The number of hydrogen-bond acceptors (Lipinski definition) is 2. The lowest BCUT2D eigenvalue weighted by Crippen LogP contribution is -2.49. The fourth-order valence-corrected chi connectivity index (χ4v) is 2.91. The van der Waals surface area contributed by atoms with Crippen molar-refractivity contribution >= 4 is 16.9 Å². The number of aliphatic hydroxyl groups is 1. The first-order chi connectivity index (χ1) is 9.61. The van der Waals surface area contributed by atoms with Gasteiger partial charge in [-0.25, -0.2) is 4.79 Å². The van der Waals surface area contributed by atoms with Gasteiger partial charge in [0.2, 0.25) is 0 Å². The molecule has 0 aliphatic carbocycles. The monoisotopic (exact) mass is 273 g/mol. The molecule has 1 aromatic carbocycles. The normalized spacial score (nSPS) is 18.1. The lowest BCUT2D eigenvalue weighted by Gasteiger charge is -2.36. The van der Waals surface area contributed by atoms with Gasteiger partial charge in [0.1, 0.15) is 0 Å². The number of aliphatic hydroxyl groups excluding tert-OH is 1. The van der Waals surface area contributed by atoms with Crippen LogP contribution in [0.5, 0.6) is 0 Å². The topological polar surface area (TPSA) is 59.6 Å². The molecule has 0 saturated carbocycles. The van der Waals surface area contributed by atoms with Gasteiger partial charge in [0, 0.05) is 30.7 Å². The Morgan fingerprint density at radius 2 is 2.20 bits per heavy atom. The van der Waals surface area contributed by atoms with Crippen molar-refractivity contribution in [3.05, 3.63) is 35.5 Å². The Morgan fingerprint density at radius 3 is 2.90 bits per heavy atom. The molecule has 2 aromatic rings. The van der Waals surface area contributed by atoms with Gasteiger partial charge in [0.15, 0.2) is 0 Å². The van der Waals surface area contributed by atoms with Gasteiger partial charge < -0.3 is 19.9 Å². The van der Waals surface area contributed by atoms with Crippen molar-refractivity contribution in [3.63, 3.8) is 0 Å². The molecule has 0 fully saturated rings. The number of para-hydroxylation sites is 1. The SMILES string of the molecule is CN(C)C(=O)N1Cc2[nH]c3ccccc3c2CC1CO. The lowest BCUT2D eigenvalue weighted by atomic mass is 9.97. The Balaban J connectivity index is 2.03. The molecule has 3 rings (SSSR count). The molecule has 1 aliphatic rings. The van der Waals surface area contributed by atoms with Crippen LogP contribution < -0.4 is 0 Å². The molecule has 2 heterocycles. The van der Waals surface area contributed by atoms with E-state index in [4.69, 9.17) is 0 Å². The quantitative estimate of drug-likeness (QED) is 0.828. The van der Waals surface area contributed by atoms with Crippen LogP contribution in [0.4, 0.5) is 4.79 Å². The first kappa shape index (κ1) is 13.0. The van der Waals surface area contributed by atoms with E-state index in [1.807, 2.05) is 18.2 Å². The van der Waals surface area contributed by atoms with Crippen LogP contribution in [0.3, 0.4) is 0 Å². The van der Waals surface area contributed by atoms with Crippen LogP contribution in [0.2, 0.25) is 0 Å². The zero-order valence-corrected chi connectivity index (χ0v) is 11.8. The molecule has 2 N–H and O–H groups in total. The number of aromatic amines is 1. The molecule has 1 unspecified atom stereocenters. The number of benzene rings is 1. The van der Waals surface area contributed by atoms with E-state index in [-0.39, 0.29) is 18.7 Å². The Morgan fingerprint density at radius 1 is 1.45 bits per heavy atom. The summed E-state index contributed by atoms with van der Waals surface area (Å²) in [5.41, 5.74) is 3.39. The second-order valence-electron chi connectivity index (χ2n) is 5.47. The van der Waals surface area contributed by atoms with Gasteiger partial charge in [-0.1, -0.05) is 18.2 Å². The Bertz CT molecular complexity index is 648. The number of amides is 2. The highest BCUT2D eigenvalue weighted by atomic mass is 16.3. The van der Waals surface area contributed by atoms with Gasteiger partial charge in [-0.2, -0.15) is 0 Å². The van der Waals surface area contributed by atoms with Gasteiger partial charge in [-0.3, -0.25) is 0 Å². The van der Waals surface area contributed by atoms with E-state index in [0.717, 1.165) is 11.2 Å². The predicted octanol–water partition coefficient (Wildman–Crippen LogP) is 1.57. The molecule has 0 spiro atoms. The number of nitrogens with one attached hydrogen (secondary N) is 1. The summed E-state index contributed by atoms with van der Waals surface area (Å²) >= 11 is 0. The number of H-pyrrole nitrogens is 1. The minimum absolute atomic E-state index is 0.0154. The molecule has 20 heavy (non-hydrogen) atoms. The summed E-state index contributed by atoms with van der Waals surface area (Å²) in [6, 6.07) is 7.92. The maximum absolute atomic E-state index is 12.2. The minimum Gasteiger partial charge on any atom is -0.394 e. The van der Waals surface area contributed by atoms with Crippen LogP contribution in [-0.4, -0.2) is 52.7 Å². The van der Waals surface area contributed by atoms with E-state index in [1.54, 1.807) is 23.9 Å². The summed E-state index contributed by atoms with van der Waals surface area (Å²) in [5, 5.41) is 10.8. The van der Waals surface area contributed by atoms with E-state index < -0.39 is 0 Å². The number of urea groups is 1. The lowest BCUT2D eigenvalue weighted by molar-refractivity contribution is 0.104. The Kier molecular flexibility index (Phi) is 3.14. The van der Waals surface area contributed by atoms with Crippen molar-refractivity contribution in [3.8, 4) is 0 Å². The van der Waals surface area contributed by atoms with Crippen LogP contribution >= 0.6 is 0 Å². The highest BCUT2D eigenvalue weighted by molar-refractivity contribution is 5.85. The van der Waals surface area contributed by atoms with Gasteiger partial charge in [-0.15, -0.1) is 0 Å². The maximum atomic E-state index is 12.2. The van der Waals surface area contributed by atoms with Crippen molar-refractivity contribution in [1.82, 2.24) is 14.8 Å². The average molecular weight is 273 g/mol. The number of rotatable bonds is 1. The fourth-order valence-electron chi connectivity index (χ4n) is 2.91. The number of carbonyl (C=O) groups excluding carboxylic acids is 1. The summed E-state index contributed by atoms with van der Waals surface area (Å²) in [4.78, 5) is 18.9. The van der Waals surface area contributed by atoms with Crippen LogP contribution in [0.15, 0.2) is 24.3 Å². The second-order valence-corrected chi connectivity index (χ2v) is 5.47. The van der Waals surface area contributed by atoms with Crippen molar-refractivity contribution < 1.29 is 9.90 Å². The standard InChI is InChI=1S/C15H19N3O2/c1-17(2)15(20)18-8-14-12(7-10(18)9-19)11-5-3-4-6-13(11)16-14/h3-6,10,16,19H,7-9H2,1-2H3. The van der Waals surface area contributed by atoms with Crippen molar-refractivity contribution in [1.29, 1.82) is 0 Å². The first-order valence-electron chi connectivity index (χ1n) is 6.79. The summed E-state index contributed by atoms with van der Waals surface area (Å²) in [6.07, 6.45) is 0.690. The molecule has 106 valence electrons. The number of hydrogen-bond donors (Lipinski definition) is 2. The van der Waals surface area contributed by atoms with Crippen LogP contribution in [0, 0.1) is 0 Å². The maximum Gasteiger partial charge on any atom is 0.320 e. The van der Waals surface area contributed by atoms with Crippen molar-refractivity contribution in [2.24, 2.45) is 0 Å². The third-order valence-electron chi connectivity index (χ3n) is 3.95. The molecule has 2 amide bonds. The van der Waals surface area contributed by atoms with E-state index in [0.29, 0.717) is 13.0 Å². The highest BCUT2D eigenvalue weighted by Gasteiger charge is 2.32. The van der Waals surface area contributed by atoms with Gasteiger partial charge in [-0.05, 0) is 18.1 Å². The third-order valence-corrected chi connectivity index (χ3v) is 3.95. The van der Waals surface area contributed by atoms with E-state index in [1.165, 1.54) is 10.9 Å². The van der Waals surface area contributed by atoms with Crippen LogP contribution in [0.25, 0.3) is 10.9 Å². The summed E-state index contributed by atoms with van der Waals surface area (Å²) in [6.45, 7) is 0.505. The third kappa shape index (κ3) is 1.94. The number of nitrogens with zero attached hydrogens (tertiary/aromatic N) is 2. The van der Waals surface area contributed by atoms with Crippen LogP contribution in [0.1, 0.15) is 11.3 Å². The number of fused-ring (bicyclic) bond motifs is 3.